The number of rotatable bonds is 5. The Bertz CT molecular complexity index is 2850. The van der Waals surface area contributed by atoms with Crippen LogP contribution in [0.4, 0.5) is 0 Å². The molecular formula is C45H27N3O2. The fourth-order valence-electron chi connectivity index (χ4n) is 6.93. The predicted octanol–water partition coefficient (Wildman–Crippen LogP) is 12.0. The van der Waals surface area contributed by atoms with Gasteiger partial charge in [-0.25, -0.2) is 15.0 Å². The fourth-order valence-corrected chi connectivity index (χ4v) is 6.93. The van der Waals surface area contributed by atoms with Crippen molar-refractivity contribution in [3.63, 3.8) is 0 Å². The normalized spacial score (nSPS) is 11.6. The molecule has 0 aliphatic carbocycles. The lowest BCUT2D eigenvalue weighted by atomic mass is 9.99. The highest BCUT2D eigenvalue weighted by molar-refractivity contribution is 6.16. The summed E-state index contributed by atoms with van der Waals surface area (Å²) in [6.07, 6.45) is 0. The molecule has 0 amide bonds. The average molecular weight is 642 g/mol. The maximum atomic E-state index is 6.58. The Hall–Kier alpha value is -6.85. The molecule has 3 heterocycles. The number of para-hydroxylation sites is 2. The number of hydrogen-bond donors (Lipinski definition) is 0. The molecule has 5 heteroatoms. The first-order chi connectivity index (χ1) is 24.8. The van der Waals surface area contributed by atoms with Crippen LogP contribution >= 0.6 is 0 Å². The van der Waals surface area contributed by atoms with Crippen molar-refractivity contribution in [2.24, 2.45) is 0 Å². The summed E-state index contributed by atoms with van der Waals surface area (Å²) in [5, 5.41) is 4.22. The van der Waals surface area contributed by atoms with Gasteiger partial charge in [-0.3, -0.25) is 0 Å². The van der Waals surface area contributed by atoms with Crippen LogP contribution in [0.25, 0.3) is 100 Å². The Morgan fingerprint density at radius 2 is 0.800 bits per heavy atom. The average Bonchev–Trinajstić information content (AvgIpc) is 3.75. The summed E-state index contributed by atoms with van der Waals surface area (Å²) >= 11 is 0. The first kappa shape index (κ1) is 28.2. The minimum Gasteiger partial charge on any atom is -0.456 e. The Kier molecular flexibility index (Phi) is 6.42. The molecule has 50 heavy (non-hydrogen) atoms. The van der Waals surface area contributed by atoms with Crippen LogP contribution in [0.3, 0.4) is 0 Å². The van der Waals surface area contributed by atoms with Crippen molar-refractivity contribution in [1.29, 1.82) is 0 Å². The molecule has 3 aromatic heterocycles. The quantitative estimate of drug-likeness (QED) is 0.187. The predicted molar refractivity (Wildman–Crippen MR) is 202 cm³/mol. The molecule has 5 nitrogen and oxygen atoms in total. The van der Waals surface area contributed by atoms with E-state index in [-0.39, 0.29) is 0 Å². The zero-order chi connectivity index (χ0) is 33.0. The summed E-state index contributed by atoms with van der Waals surface area (Å²) in [6.45, 7) is 0. The van der Waals surface area contributed by atoms with Crippen LogP contribution in [-0.2, 0) is 0 Å². The molecule has 0 aliphatic heterocycles. The van der Waals surface area contributed by atoms with Gasteiger partial charge in [0.15, 0.2) is 17.5 Å². The summed E-state index contributed by atoms with van der Waals surface area (Å²) in [6, 6.07) is 55.7. The van der Waals surface area contributed by atoms with Crippen LogP contribution in [0.15, 0.2) is 173 Å². The van der Waals surface area contributed by atoms with Gasteiger partial charge in [0.25, 0.3) is 0 Å². The molecule has 0 bridgehead atoms. The lowest BCUT2D eigenvalue weighted by Crippen LogP contribution is -2.01. The second-order valence-corrected chi connectivity index (χ2v) is 12.4. The first-order valence-corrected chi connectivity index (χ1v) is 16.6. The lowest BCUT2D eigenvalue weighted by Gasteiger charge is -2.12. The van der Waals surface area contributed by atoms with E-state index < -0.39 is 0 Å². The Labute approximate surface area is 287 Å². The highest BCUT2D eigenvalue weighted by atomic mass is 16.3. The van der Waals surface area contributed by atoms with E-state index in [2.05, 4.69) is 84.9 Å². The summed E-state index contributed by atoms with van der Waals surface area (Å²) in [7, 11) is 0. The maximum absolute atomic E-state index is 6.58. The van der Waals surface area contributed by atoms with Crippen LogP contribution < -0.4 is 0 Å². The van der Waals surface area contributed by atoms with Crippen molar-refractivity contribution in [1.82, 2.24) is 15.0 Å². The number of aromatic nitrogens is 3. The molecule has 0 fully saturated rings. The van der Waals surface area contributed by atoms with E-state index in [1.807, 2.05) is 78.9 Å². The lowest BCUT2D eigenvalue weighted by molar-refractivity contribution is 0.664. The van der Waals surface area contributed by atoms with E-state index in [4.69, 9.17) is 23.8 Å². The second-order valence-electron chi connectivity index (χ2n) is 12.4. The van der Waals surface area contributed by atoms with E-state index in [0.717, 1.165) is 82.8 Å². The largest absolute Gasteiger partial charge is 0.456 e. The van der Waals surface area contributed by atoms with Gasteiger partial charge in [-0.1, -0.05) is 146 Å². The van der Waals surface area contributed by atoms with Crippen LogP contribution in [0, 0.1) is 0 Å². The molecule has 0 saturated carbocycles. The minimum absolute atomic E-state index is 0.611. The standard InChI is InChI=1S/C45H27N3O2/c1-3-12-28(13-4-1)32-16-7-8-18-36(32)45-47-43(30-14-5-2-6-15-30)46-44(48-45)31-24-22-29(23-25-31)33-19-11-20-35-38-27-40-37(26-41(38)50-42(33)35)34-17-9-10-21-39(34)49-40/h1-27H. The molecule has 10 aromatic rings. The van der Waals surface area contributed by atoms with Crippen molar-refractivity contribution in [3.05, 3.63) is 164 Å². The molecule has 0 N–H and O–H groups in total. The molecular weight excluding hydrogens is 615 g/mol. The van der Waals surface area contributed by atoms with E-state index in [1.54, 1.807) is 0 Å². The van der Waals surface area contributed by atoms with Gasteiger partial charge in [-0.15, -0.1) is 0 Å². The van der Waals surface area contributed by atoms with Crippen LogP contribution in [0.1, 0.15) is 0 Å². The molecule has 0 atom stereocenters. The van der Waals surface area contributed by atoms with Crippen LogP contribution in [-0.4, -0.2) is 15.0 Å². The van der Waals surface area contributed by atoms with Crippen LogP contribution in [0.5, 0.6) is 0 Å². The molecule has 0 spiro atoms. The zero-order valence-corrected chi connectivity index (χ0v) is 26.7. The molecule has 0 radical (unpaired) electrons. The van der Waals surface area contributed by atoms with Crippen molar-refractivity contribution in [2.45, 2.75) is 0 Å². The summed E-state index contributed by atoms with van der Waals surface area (Å²) in [5.74, 6) is 1.87. The van der Waals surface area contributed by atoms with Gasteiger partial charge in [-0.05, 0) is 34.9 Å². The maximum Gasteiger partial charge on any atom is 0.164 e. The first-order valence-electron chi connectivity index (χ1n) is 16.6. The molecule has 0 aliphatic rings. The SMILES string of the molecule is c1ccc(-c2nc(-c3ccc(-c4cccc5c4oc4cc6c(cc45)oc4ccccc46)cc3)nc(-c3ccccc3-c3ccccc3)n2)cc1. The summed E-state index contributed by atoms with van der Waals surface area (Å²) in [5.41, 5.74) is 10.4. The highest BCUT2D eigenvalue weighted by Crippen LogP contribution is 2.40. The van der Waals surface area contributed by atoms with Gasteiger partial charge in [0.05, 0.1) is 0 Å². The van der Waals surface area contributed by atoms with E-state index in [0.29, 0.717) is 17.5 Å². The third-order valence-electron chi connectivity index (χ3n) is 9.37. The van der Waals surface area contributed by atoms with Gasteiger partial charge in [0.2, 0.25) is 0 Å². The second kappa shape index (κ2) is 11.4. The van der Waals surface area contributed by atoms with Gasteiger partial charge in [0, 0.05) is 43.8 Å². The van der Waals surface area contributed by atoms with E-state index >= 15 is 0 Å². The third kappa shape index (κ3) is 4.67. The number of benzene rings is 7. The number of nitrogens with zero attached hydrogens (tertiary/aromatic N) is 3. The monoisotopic (exact) mass is 641 g/mol. The topological polar surface area (TPSA) is 65.0 Å². The molecule has 234 valence electrons. The molecule has 0 saturated heterocycles. The third-order valence-corrected chi connectivity index (χ3v) is 9.37. The van der Waals surface area contributed by atoms with E-state index in [1.165, 1.54) is 0 Å². The molecule has 10 rings (SSSR count). The van der Waals surface area contributed by atoms with Gasteiger partial charge in [-0.2, -0.15) is 0 Å². The minimum atomic E-state index is 0.611. The van der Waals surface area contributed by atoms with Gasteiger partial charge < -0.3 is 8.83 Å². The zero-order valence-electron chi connectivity index (χ0n) is 26.7. The highest BCUT2D eigenvalue weighted by Gasteiger charge is 2.18. The summed E-state index contributed by atoms with van der Waals surface area (Å²) in [4.78, 5) is 15.0. The van der Waals surface area contributed by atoms with Crippen LogP contribution in [0.2, 0.25) is 0 Å². The van der Waals surface area contributed by atoms with Gasteiger partial charge in [0.1, 0.15) is 22.3 Å². The Balaban J connectivity index is 1.08. The van der Waals surface area contributed by atoms with Crippen molar-refractivity contribution < 1.29 is 8.83 Å². The number of furan rings is 2. The van der Waals surface area contributed by atoms with E-state index in [9.17, 15) is 0 Å². The Morgan fingerprint density at radius 1 is 0.300 bits per heavy atom. The Morgan fingerprint density at radius 3 is 1.56 bits per heavy atom. The van der Waals surface area contributed by atoms with Crippen molar-refractivity contribution in [2.75, 3.05) is 0 Å². The molecule has 7 aromatic carbocycles. The van der Waals surface area contributed by atoms with Crippen molar-refractivity contribution in [3.8, 4) is 56.4 Å². The number of fused-ring (bicyclic) bond motifs is 6. The summed E-state index contributed by atoms with van der Waals surface area (Å²) < 4.78 is 12.8. The van der Waals surface area contributed by atoms with Crippen molar-refractivity contribution >= 4 is 43.9 Å². The molecule has 0 unspecified atom stereocenters. The smallest absolute Gasteiger partial charge is 0.164 e. The number of hydrogen-bond acceptors (Lipinski definition) is 5. The van der Waals surface area contributed by atoms with Gasteiger partial charge >= 0.3 is 0 Å². The fraction of sp³-hybridized carbons (Fsp3) is 0.